The lowest BCUT2D eigenvalue weighted by molar-refractivity contribution is 0.328. The molecular formula is C9H23N. The van der Waals surface area contributed by atoms with E-state index >= 15 is 0 Å². The maximum Gasteiger partial charge on any atom is -0.00722 e. The Morgan fingerprint density at radius 1 is 1.20 bits per heavy atom. The molecule has 0 aliphatic heterocycles. The minimum Gasteiger partial charge on any atom is -0.330 e. The predicted octanol–water partition coefficient (Wildman–Crippen LogP) is 2.80. The van der Waals surface area contributed by atoms with E-state index in [4.69, 9.17) is 5.73 Å². The first kappa shape index (κ1) is 12.6. The summed E-state index contributed by atoms with van der Waals surface area (Å²) in [7, 11) is 0. The highest BCUT2D eigenvalue weighted by atomic mass is 14.5. The van der Waals surface area contributed by atoms with Crippen LogP contribution in [0.2, 0.25) is 0 Å². The van der Waals surface area contributed by atoms with E-state index < -0.39 is 0 Å². The number of hydrogen-bond donors (Lipinski definition) is 1. The fraction of sp³-hybridized carbons (Fsp3) is 1.00. The van der Waals surface area contributed by atoms with Gasteiger partial charge in [-0.1, -0.05) is 41.0 Å². The van der Waals surface area contributed by atoms with Gasteiger partial charge in [0.1, 0.15) is 0 Å². The largest absolute Gasteiger partial charge is 0.330 e. The lowest BCUT2D eigenvalue weighted by atomic mass is 9.87. The molecule has 10 heavy (non-hydrogen) atoms. The molecule has 0 aromatic carbocycles. The first-order valence-electron chi connectivity index (χ1n) is 4.32. The zero-order valence-electron chi connectivity index (χ0n) is 8.20. The summed E-state index contributed by atoms with van der Waals surface area (Å²) in [5.41, 5.74) is 5.86. The van der Waals surface area contributed by atoms with Gasteiger partial charge in [0.05, 0.1) is 0 Å². The molecule has 0 bridgehead atoms. The van der Waals surface area contributed by atoms with Crippen molar-refractivity contribution in [1.29, 1.82) is 0 Å². The first-order valence-corrected chi connectivity index (χ1v) is 4.32. The van der Waals surface area contributed by atoms with Gasteiger partial charge in [-0.2, -0.15) is 0 Å². The molecule has 0 aliphatic carbocycles. The van der Waals surface area contributed by atoms with Crippen molar-refractivity contribution < 1.29 is 0 Å². The molecule has 64 valence electrons. The molecule has 0 unspecified atom stereocenters. The Hall–Kier alpha value is -0.0400. The van der Waals surface area contributed by atoms with Gasteiger partial charge in [0, 0.05) is 0 Å². The van der Waals surface area contributed by atoms with Gasteiger partial charge in [0.15, 0.2) is 0 Å². The summed E-state index contributed by atoms with van der Waals surface area (Å²) in [6.07, 6.45) is 2.37. The predicted molar refractivity (Wildman–Crippen MR) is 49.1 cm³/mol. The van der Waals surface area contributed by atoms with Crippen LogP contribution in [-0.4, -0.2) is 6.54 Å². The van der Waals surface area contributed by atoms with Crippen molar-refractivity contribution in [3.63, 3.8) is 0 Å². The van der Waals surface area contributed by atoms with Gasteiger partial charge in [0.25, 0.3) is 0 Å². The molecule has 0 atom stereocenters. The van der Waals surface area contributed by atoms with Crippen LogP contribution < -0.4 is 5.73 Å². The maximum absolute atomic E-state index is 5.39. The second-order valence-corrected chi connectivity index (χ2v) is 3.06. The second kappa shape index (κ2) is 7.07. The molecule has 0 spiro atoms. The molecule has 0 amide bonds. The van der Waals surface area contributed by atoms with Gasteiger partial charge in [-0.3, -0.25) is 0 Å². The van der Waals surface area contributed by atoms with Crippen LogP contribution in [0.5, 0.6) is 0 Å². The van der Waals surface area contributed by atoms with E-state index in [1.807, 2.05) is 13.8 Å². The summed E-state index contributed by atoms with van der Waals surface area (Å²) in [4.78, 5) is 0. The maximum atomic E-state index is 5.39. The van der Waals surface area contributed by atoms with E-state index in [1.165, 1.54) is 6.42 Å². The molecule has 0 aliphatic rings. The molecule has 0 aromatic rings. The molecule has 0 rings (SSSR count). The third-order valence-electron chi connectivity index (χ3n) is 1.78. The Morgan fingerprint density at radius 2 is 1.60 bits per heavy atom. The zero-order valence-corrected chi connectivity index (χ0v) is 8.20. The first-order chi connectivity index (χ1) is 4.62. The van der Waals surface area contributed by atoms with Crippen LogP contribution >= 0.6 is 0 Å². The molecule has 0 saturated heterocycles. The van der Waals surface area contributed by atoms with E-state index in [0.717, 1.165) is 13.0 Å². The highest BCUT2D eigenvalue weighted by molar-refractivity contribution is 4.65. The van der Waals surface area contributed by atoms with E-state index in [1.54, 1.807) is 0 Å². The molecule has 0 radical (unpaired) electrons. The van der Waals surface area contributed by atoms with Crippen LogP contribution in [0.1, 0.15) is 47.5 Å². The van der Waals surface area contributed by atoms with Crippen molar-refractivity contribution in [2.45, 2.75) is 47.5 Å². The van der Waals surface area contributed by atoms with Crippen molar-refractivity contribution in [2.75, 3.05) is 6.54 Å². The van der Waals surface area contributed by atoms with Crippen LogP contribution in [-0.2, 0) is 0 Å². The summed E-state index contributed by atoms with van der Waals surface area (Å²) >= 11 is 0. The van der Waals surface area contributed by atoms with Crippen LogP contribution in [0, 0.1) is 5.41 Å². The van der Waals surface area contributed by atoms with Gasteiger partial charge in [-0.05, 0) is 18.4 Å². The topological polar surface area (TPSA) is 26.0 Å². The fourth-order valence-corrected chi connectivity index (χ4v) is 0.568. The molecule has 0 saturated carbocycles. The SMILES string of the molecule is CC.CCC(C)(C)CCN. The summed E-state index contributed by atoms with van der Waals surface area (Å²) in [6, 6.07) is 0. The lowest BCUT2D eigenvalue weighted by Crippen LogP contribution is -2.15. The second-order valence-electron chi connectivity index (χ2n) is 3.06. The Bertz CT molecular complexity index is 57.7. The number of nitrogens with two attached hydrogens (primary N) is 1. The molecular weight excluding hydrogens is 122 g/mol. The average Bonchev–Trinajstić information content (AvgIpc) is 1.93. The summed E-state index contributed by atoms with van der Waals surface area (Å²) < 4.78 is 0. The van der Waals surface area contributed by atoms with E-state index in [0.29, 0.717) is 5.41 Å². The minimum absolute atomic E-state index is 0.467. The normalized spacial score (nSPS) is 10.2. The van der Waals surface area contributed by atoms with Crippen molar-refractivity contribution in [1.82, 2.24) is 0 Å². The third kappa shape index (κ3) is 7.96. The van der Waals surface area contributed by atoms with Crippen LogP contribution in [0.15, 0.2) is 0 Å². The van der Waals surface area contributed by atoms with Crippen molar-refractivity contribution in [2.24, 2.45) is 11.1 Å². The highest BCUT2D eigenvalue weighted by Crippen LogP contribution is 2.22. The Balaban J connectivity index is 0. The molecule has 1 nitrogen and oxygen atoms in total. The van der Waals surface area contributed by atoms with Crippen molar-refractivity contribution >= 4 is 0 Å². The number of hydrogen-bond acceptors (Lipinski definition) is 1. The Morgan fingerprint density at radius 3 is 1.70 bits per heavy atom. The van der Waals surface area contributed by atoms with Gasteiger partial charge < -0.3 is 5.73 Å². The smallest absolute Gasteiger partial charge is 0.00722 e. The van der Waals surface area contributed by atoms with Gasteiger partial charge in [-0.15, -0.1) is 0 Å². The summed E-state index contributed by atoms with van der Waals surface area (Å²) in [5.74, 6) is 0. The standard InChI is InChI=1S/C7H17N.C2H6/c1-4-7(2,3)5-6-8;1-2/h4-6,8H2,1-3H3;1-2H3. The van der Waals surface area contributed by atoms with E-state index in [-0.39, 0.29) is 0 Å². The third-order valence-corrected chi connectivity index (χ3v) is 1.78. The molecule has 2 N–H and O–H groups in total. The monoisotopic (exact) mass is 145 g/mol. The minimum atomic E-state index is 0.467. The highest BCUT2D eigenvalue weighted by Gasteiger charge is 2.12. The summed E-state index contributed by atoms with van der Waals surface area (Å²) in [6.45, 7) is 11.5. The number of rotatable bonds is 3. The van der Waals surface area contributed by atoms with Gasteiger partial charge >= 0.3 is 0 Å². The molecule has 0 fully saturated rings. The van der Waals surface area contributed by atoms with Crippen LogP contribution in [0.4, 0.5) is 0 Å². The van der Waals surface area contributed by atoms with Crippen molar-refractivity contribution in [3.8, 4) is 0 Å². The molecule has 1 heteroatoms. The van der Waals surface area contributed by atoms with Crippen LogP contribution in [0.3, 0.4) is 0 Å². The molecule has 0 heterocycles. The zero-order chi connectivity index (χ0) is 8.62. The van der Waals surface area contributed by atoms with E-state index in [2.05, 4.69) is 20.8 Å². The summed E-state index contributed by atoms with van der Waals surface area (Å²) in [5, 5.41) is 0. The Labute approximate surface area is 66.0 Å². The van der Waals surface area contributed by atoms with Gasteiger partial charge in [0.2, 0.25) is 0 Å². The lowest BCUT2D eigenvalue weighted by Gasteiger charge is -2.20. The van der Waals surface area contributed by atoms with Crippen molar-refractivity contribution in [3.05, 3.63) is 0 Å². The van der Waals surface area contributed by atoms with Gasteiger partial charge in [-0.25, -0.2) is 0 Å². The fourth-order valence-electron chi connectivity index (χ4n) is 0.568. The average molecular weight is 145 g/mol. The van der Waals surface area contributed by atoms with E-state index in [9.17, 15) is 0 Å². The quantitative estimate of drug-likeness (QED) is 0.649. The molecule has 0 aromatic heterocycles. The van der Waals surface area contributed by atoms with Crippen LogP contribution in [0.25, 0.3) is 0 Å². The Kier molecular flexibility index (Phi) is 8.92.